The van der Waals surface area contributed by atoms with Gasteiger partial charge in [0, 0.05) is 25.4 Å². The third-order valence-corrected chi connectivity index (χ3v) is 5.66. The summed E-state index contributed by atoms with van der Waals surface area (Å²) >= 11 is 0. The number of rotatable bonds is 2. The number of aryl methyl sites for hydroxylation is 1. The van der Waals surface area contributed by atoms with Crippen LogP contribution in [0.25, 0.3) is 0 Å². The van der Waals surface area contributed by atoms with E-state index in [1.807, 2.05) is 0 Å². The second-order valence-electron chi connectivity index (χ2n) is 7.29. The van der Waals surface area contributed by atoms with E-state index >= 15 is 0 Å². The number of nitrogens with two attached hydrogens (primary N) is 1. The SMILES string of the molecule is Cn1cc(NC2=NC(N)([C@H]3C[C@@H]4CC[C@H]3C4)C(C(F)(F)F)=CN2)cn1. The lowest BCUT2D eigenvalue weighted by Crippen LogP contribution is -2.57. The average Bonchev–Trinajstić information content (AvgIpc) is 3.23. The first-order valence-electron chi connectivity index (χ1n) is 8.44. The molecule has 0 spiro atoms. The van der Waals surface area contributed by atoms with Crippen LogP contribution >= 0.6 is 0 Å². The van der Waals surface area contributed by atoms with Crippen molar-refractivity contribution in [2.75, 3.05) is 5.32 Å². The van der Waals surface area contributed by atoms with Crippen LogP contribution in [0, 0.1) is 17.8 Å². The number of hydrogen-bond acceptors (Lipinski definition) is 5. The normalized spacial score (nSPS) is 34.5. The lowest BCUT2D eigenvalue weighted by atomic mass is 9.75. The molecule has 1 aromatic heterocycles. The molecule has 4 N–H and O–H groups in total. The molecule has 9 heteroatoms. The molecule has 0 amide bonds. The topological polar surface area (TPSA) is 80.3 Å². The van der Waals surface area contributed by atoms with E-state index in [9.17, 15) is 13.2 Å². The molecule has 2 saturated carbocycles. The Morgan fingerprint density at radius 2 is 2.16 bits per heavy atom. The van der Waals surface area contributed by atoms with E-state index in [0.29, 0.717) is 18.0 Å². The van der Waals surface area contributed by atoms with Gasteiger partial charge in [0.25, 0.3) is 0 Å². The molecule has 2 fully saturated rings. The minimum Gasteiger partial charge on any atom is -0.332 e. The van der Waals surface area contributed by atoms with Crippen LogP contribution in [0.15, 0.2) is 29.2 Å². The first kappa shape index (κ1) is 16.4. The average molecular weight is 354 g/mol. The number of hydrogen-bond donors (Lipinski definition) is 3. The van der Waals surface area contributed by atoms with E-state index in [-0.39, 0.29) is 17.8 Å². The Bertz CT molecular complexity index is 736. The van der Waals surface area contributed by atoms with Crippen LogP contribution in [0.3, 0.4) is 0 Å². The number of nitrogens with zero attached hydrogens (tertiary/aromatic N) is 3. The Morgan fingerprint density at radius 1 is 1.36 bits per heavy atom. The van der Waals surface area contributed by atoms with Crippen LogP contribution in [-0.4, -0.2) is 27.6 Å². The van der Waals surface area contributed by atoms with E-state index in [1.165, 1.54) is 0 Å². The first-order chi connectivity index (χ1) is 11.8. The molecule has 3 aliphatic rings. The third-order valence-electron chi connectivity index (χ3n) is 5.66. The van der Waals surface area contributed by atoms with E-state index in [4.69, 9.17) is 5.73 Å². The van der Waals surface area contributed by atoms with Crippen LogP contribution in [0.5, 0.6) is 0 Å². The van der Waals surface area contributed by atoms with Crippen molar-refractivity contribution >= 4 is 11.6 Å². The predicted molar refractivity (Wildman–Crippen MR) is 87.4 cm³/mol. The zero-order valence-corrected chi connectivity index (χ0v) is 13.8. The van der Waals surface area contributed by atoms with Crippen molar-refractivity contribution in [3.8, 4) is 0 Å². The summed E-state index contributed by atoms with van der Waals surface area (Å²) in [5, 5.41) is 9.58. The Labute approximate surface area is 143 Å². The van der Waals surface area contributed by atoms with Crippen molar-refractivity contribution < 1.29 is 13.2 Å². The van der Waals surface area contributed by atoms with Crippen LogP contribution in [0.4, 0.5) is 18.9 Å². The molecule has 2 heterocycles. The molecule has 4 atom stereocenters. The Kier molecular flexibility index (Phi) is 3.61. The monoisotopic (exact) mass is 354 g/mol. The summed E-state index contributed by atoms with van der Waals surface area (Å²) in [5.41, 5.74) is 4.43. The number of halogens is 3. The zero-order chi connectivity index (χ0) is 17.8. The summed E-state index contributed by atoms with van der Waals surface area (Å²) in [6.45, 7) is 0. The molecule has 4 rings (SSSR count). The number of alkyl halides is 3. The van der Waals surface area contributed by atoms with Crippen LogP contribution in [-0.2, 0) is 7.05 Å². The van der Waals surface area contributed by atoms with Crippen LogP contribution in [0.2, 0.25) is 0 Å². The largest absolute Gasteiger partial charge is 0.417 e. The molecule has 0 radical (unpaired) electrons. The van der Waals surface area contributed by atoms with Crippen molar-refractivity contribution in [1.29, 1.82) is 0 Å². The van der Waals surface area contributed by atoms with Gasteiger partial charge in [0.15, 0.2) is 0 Å². The second-order valence-corrected chi connectivity index (χ2v) is 7.29. The minimum absolute atomic E-state index is 0.210. The number of guanidine groups is 1. The lowest BCUT2D eigenvalue weighted by Gasteiger charge is -2.41. The number of aliphatic imine (C=N–C) groups is 1. The number of fused-ring (bicyclic) bond motifs is 2. The fraction of sp³-hybridized carbons (Fsp3) is 0.625. The van der Waals surface area contributed by atoms with Crippen molar-refractivity contribution in [2.45, 2.75) is 37.5 Å². The second kappa shape index (κ2) is 5.48. The number of aromatic nitrogens is 2. The van der Waals surface area contributed by atoms with Gasteiger partial charge in [0.2, 0.25) is 5.96 Å². The van der Waals surface area contributed by atoms with Gasteiger partial charge in [-0.3, -0.25) is 4.68 Å². The maximum atomic E-state index is 13.6. The van der Waals surface area contributed by atoms with Crippen molar-refractivity contribution in [2.24, 2.45) is 35.5 Å². The van der Waals surface area contributed by atoms with Gasteiger partial charge in [0.05, 0.1) is 17.5 Å². The maximum absolute atomic E-state index is 13.6. The molecule has 136 valence electrons. The van der Waals surface area contributed by atoms with Gasteiger partial charge in [-0.15, -0.1) is 0 Å². The summed E-state index contributed by atoms with van der Waals surface area (Å²) in [5.74, 6) is 0.616. The quantitative estimate of drug-likeness (QED) is 0.762. The first-order valence-corrected chi connectivity index (χ1v) is 8.44. The highest BCUT2D eigenvalue weighted by Crippen LogP contribution is 2.55. The molecule has 1 aromatic rings. The van der Waals surface area contributed by atoms with Gasteiger partial charge in [0.1, 0.15) is 5.66 Å². The van der Waals surface area contributed by atoms with Crippen LogP contribution < -0.4 is 16.4 Å². The molecule has 0 saturated heterocycles. The smallest absolute Gasteiger partial charge is 0.332 e. The molecule has 25 heavy (non-hydrogen) atoms. The Morgan fingerprint density at radius 3 is 2.72 bits per heavy atom. The van der Waals surface area contributed by atoms with Gasteiger partial charge >= 0.3 is 6.18 Å². The molecule has 2 aliphatic carbocycles. The molecular formula is C16H21F3N6. The predicted octanol–water partition coefficient (Wildman–Crippen LogP) is 2.33. The Balaban J connectivity index is 1.67. The Hall–Kier alpha value is -2.03. The standard InChI is InChI=1S/C16H21F3N6/c1-25-8-11(6-22-25)23-14-21-7-13(16(17,18)19)15(20,24-14)12-5-9-2-3-10(12)4-9/h6-10,12H,2-5,20H2,1H3,(H2,21,23,24)/t9-,10+,12+,15?/m1/s1. The third kappa shape index (κ3) is 2.80. The fourth-order valence-corrected chi connectivity index (χ4v) is 4.60. The zero-order valence-electron chi connectivity index (χ0n) is 13.8. The number of nitrogens with one attached hydrogen (secondary N) is 2. The molecule has 6 nitrogen and oxygen atoms in total. The van der Waals surface area contributed by atoms with Gasteiger partial charge in [-0.05, 0) is 31.1 Å². The molecule has 0 aromatic carbocycles. The maximum Gasteiger partial charge on any atom is 0.417 e. The van der Waals surface area contributed by atoms with E-state index in [2.05, 4.69) is 20.7 Å². The van der Waals surface area contributed by atoms with E-state index in [0.717, 1.165) is 25.5 Å². The molecule has 1 unspecified atom stereocenters. The molecular weight excluding hydrogens is 333 g/mol. The van der Waals surface area contributed by atoms with Gasteiger partial charge in [-0.1, -0.05) is 6.42 Å². The summed E-state index contributed by atoms with van der Waals surface area (Å²) in [7, 11) is 1.76. The highest BCUT2D eigenvalue weighted by molar-refractivity contribution is 5.95. The summed E-state index contributed by atoms with van der Waals surface area (Å²) in [4.78, 5) is 4.31. The van der Waals surface area contributed by atoms with Gasteiger partial charge in [-0.25, -0.2) is 4.99 Å². The van der Waals surface area contributed by atoms with Crippen LogP contribution in [0.1, 0.15) is 25.7 Å². The number of anilines is 1. The minimum atomic E-state index is -4.52. The van der Waals surface area contributed by atoms with Crippen molar-refractivity contribution in [3.63, 3.8) is 0 Å². The lowest BCUT2D eigenvalue weighted by molar-refractivity contribution is -0.105. The van der Waals surface area contributed by atoms with Crippen molar-refractivity contribution in [1.82, 2.24) is 15.1 Å². The fourth-order valence-electron chi connectivity index (χ4n) is 4.60. The highest BCUT2D eigenvalue weighted by atomic mass is 19.4. The van der Waals surface area contributed by atoms with Crippen molar-refractivity contribution in [3.05, 3.63) is 24.2 Å². The van der Waals surface area contributed by atoms with E-state index in [1.54, 1.807) is 24.1 Å². The summed E-state index contributed by atoms with van der Waals surface area (Å²) in [6, 6.07) is 0. The summed E-state index contributed by atoms with van der Waals surface area (Å²) in [6.07, 6.45) is 3.41. The summed E-state index contributed by atoms with van der Waals surface area (Å²) < 4.78 is 42.4. The highest BCUT2D eigenvalue weighted by Gasteiger charge is 2.57. The molecule has 2 bridgehead atoms. The van der Waals surface area contributed by atoms with E-state index < -0.39 is 17.4 Å². The van der Waals surface area contributed by atoms with Gasteiger partial charge in [-0.2, -0.15) is 18.3 Å². The molecule has 1 aliphatic heterocycles. The van der Waals surface area contributed by atoms with Gasteiger partial charge < -0.3 is 16.4 Å².